The highest BCUT2D eigenvalue weighted by atomic mass is 14.6. The predicted molar refractivity (Wildman–Crippen MR) is 63.4 cm³/mol. The summed E-state index contributed by atoms with van der Waals surface area (Å²) in [6, 6.07) is 10.3. The first-order valence-electron chi connectivity index (χ1n) is 4.99. The minimum absolute atomic E-state index is 0.500. The molecule has 0 unspecified atom stereocenters. The highest BCUT2D eigenvalue weighted by Gasteiger charge is 1.95. The van der Waals surface area contributed by atoms with Crippen molar-refractivity contribution in [2.75, 3.05) is 0 Å². The molecule has 0 saturated heterocycles. The van der Waals surface area contributed by atoms with Crippen LogP contribution >= 0.6 is 0 Å². The molecule has 2 rings (SSSR count). The van der Waals surface area contributed by atoms with Crippen molar-refractivity contribution in [3.05, 3.63) is 36.5 Å². The van der Waals surface area contributed by atoms with Crippen LogP contribution in [0.25, 0.3) is 10.9 Å². The van der Waals surface area contributed by atoms with Gasteiger partial charge in [0.2, 0.25) is 0 Å². The molecule has 1 heteroatoms. The molecular weight excluding hydrogens is 170 g/mol. The molecule has 0 amide bonds. The normalized spacial score (nSPS) is 10.9. The lowest BCUT2D eigenvalue weighted by molar-refractivity contribution is 0.469. The first-order chi connectivity index (χ1) is 6.47. The van der Waals surface area contributed by atoms with E-state index in [-0.39, 0.29) is 0 Å². The molecule has 1 aromatic heterocycles. The quantitative estimate of drug-likeness (QED) is 0.638. The Bertz CT molecular complexity index is 343. The van der Waals surface area contributed by atoms with Crippen LogP contribution in [0, 0.1) is 5.41 Å². The van der Waals surface area contributed by atoms with Gasteiger partial charge >= 0.3 is 0 Å². The van der Waals surface area contributed by atoms with Crippen molar-refractivity contribution in [1.82, 2.24) is 4.98 Å². The molecule has 76 valence electrons. The summed E-state index contributed by atoms with van der Waals surface area (Å²) >= 11 is 0. The Morgan fingerprint density at radius 3 is 2.07 bits per heavy atom. The molecule has 2 aromatic rings. The molecule has 0 radical (unpaired) electrons. The number of hydrogen-bond donors (Lipinski definition) is 1. The van der Waals surface area contributed by atoms with Gasteiger partial charge < -0.3 is 4.98 Å². The Labute approximate surface area is 86.2 Å². The van der Waals surface area contributed by atoms with Gasteiger partial charge in [-0.3, -0.25) is 0 Å². The third-order valence-corrected chi connectivity index (χ3v) is 1.46. The zero-order valence-electron chi connectivity index (χ0n) is 9.46. The zero-order chi connectivity index (χ0) is 10.6. The number of aromatic nitrogens is 1. The topological polar surface area (TPSA) is 15.8 Å². The van der Waals surface area contributed by atoms with Gasteiger partial charge in [-0.2, -0.15) is 0 Å². The maximum atomic E-state index is 3.12. The van der Waals surface area contributed by atoms with Gasteiger partial charge in [0.15, 0.2) is 0 Å². The van der Waals surface area contributed by atoms with Crippen LogP contribution in [0.1, 0.15) is 27.7 Å². The minimum atomic E-state index is 0.500. The van der Waals surface area contributed by atoms with Gasteiger partial charge in [0, 0.05) is 11.7 Å². The largest absolute Gasteiger partial charge is 0.361 e. The van der Waals surface area contributed by atoms with Gasteiger partial charge in [0.25, 0.3) is 0 Å². The molecule has 0 bridgehead atoms. The second-order valence-electron chi connectivity index (χ2n) is 5.06. The van der Waals surface area contributed by atoms with Gasteiger partial charge in [-0.1, -0.05) is 45.9 Å². The third-order valence-electron chi connectivity index (χ3n) is 1.46. The van der Waals surface area contributed by atoms with E-state index in [1.54, 1.807) is 0 Å². The molecule has 1 N–H and O–H groups in total. The summed E-state index contributed by atoms with van der Waals surface area (Å²) in [5.41, 5.74) is 1.71. The van der Waals surface area contributed by atoms with E-state index in [2.05, 4.69) is 50.9 Å². The Hall–Kier alpha value is -1.24. The van der Waals surface area contributed by atoms with Crippen molar-refractivity contribution < 1.29 is 0 Å². The van der Waals surface area contributed by atoms with Crippen molar-refractivity contribution in [2.45, 2.75) is 27.7 Å². The van der Waals surface area contributed by atoms with Crippen molar-refractivity contribution >= 4 is 10.9 Å². The monoisotopic (exact) mass is 189 g/mol. The Balaban J connectivity index is 0.000000171. The highest BCUT2D eigenvalue weighted by molar-refractivity contribution is 5.78. The highest BCUT2D eigenvalue weighted by Crippen LogP contribution is 2.09. The number of H-pyrrole nitrogens is 1. The van der Waals surface area contributed by atoms with Crippen molar-refractivity contribution in [1.29, 1.82) is 0 Å². The van der Waals surface area contributed by atoms with Crippen LogP contribution in [0.4, 0.5) is 0 Å². The number of fused-ring (bicyclic) bond motifs is 1. The van der Waals surface area contributed by atoms with Crippen molar-refractivity contribution in [2.24, 2.45) is 5.41 Å². The molecular formula is C13H19N. The van der Waals surface area contributed by atoms with Crippen LogP contribution in [0.5, 0.6) is 0 Å². The lowest BCUT2D eigenvalue weighted by Gasteiger charge is -2.05. The Morgan fingerprint density at radius 1 is 0.929 bits per heavy atom. The molecule has 0 atom stereocenters. The molecule has 0 spiro atoms. The number of nitrogens with one attached hydrogen (secondary N) is 1. The molecule has 0 saturated carbocycles. The summed E-state index contributed by atoms with van der Waals surface area (Å²) < 4.78 is 0. The van der Waals surface area contributed by atoms with E-state index in [1.165, 1.54) is 10.9 Å². The van der Waals surface area contributed by atoms with Crippen molar-refractivity contribution in [3.63, 3.8) is 0 Å². The average Bonchev–Trinajstić information content (AvgIpc) is 2.47. The minimum Gasteiger partial charge on any atom is -0.361 e. The van der Waals surface area contributed by atoms with Gasteiger partial charge in [0.05, 0.1) is 0 Å². The zero-order valence-corrected chi connectivity index (χ0v) is 9.46. The first kappa shape index (κ1) is 10.8. The first-order valence-corrected chi connectivity index (χ1v) is 4.99. The third kappa shape index (κ3) is 4.13. The van der Waals surface area contributed by atoms with E-state index >= 15 is 0 Å². The molecule has 14 heavy (non-hydrogen) atoms. The lowest BCUT2D eigenvalue weighted by Crippen LogP contribution is -1.93. The fourth-order valence-corrected chi connectivity index (χ4v) is 0.995. The molecule has 0 aliphatic carbocycles. The fourth-order valence-electron chi connectivity index (χ4n) is 0.995. The average molecular weight is 189 g/mol. The second-order valence-corrected chi connectivity index (χ2v) is 5.06. The summed E-state index contributed by atoms with van der Waals surface area (Å²) in [4.78, 5) is 3.12. The van der Waals surface area contributed by atoms with Gasteiger partial charge in [-0.15, -0.1) is 0 Å². The fraction of sp³-hybridized carbons (Fsp3) is 0.385. The summed E-state index contributed by atoms with van der Waals surface area (Å²) in [5, 5.41) is 1.28. The molecule has 1 heterocycles. The number of hydrogen-bond acceptors (Lipinski definition) is 0. The molecule has 1 aromatic carbocycles. The smallest absolute Gasteiger partial charge is 0.0453 e. The predicted octanol–water partition coefficient (Wildman–Crippen LogP) is 4.22. The van der Waals surface area contributed by atoms with Crippen molar-refractivity contribution in [3.8, 4) is 0 Å². The Kier molecular flexibility index (Phi) is 3.34. The lowest BCUT2D eigenvalue weighted by atomic mass is 10.0. The number of rotatable bonds is 0. The number of aromatic amines is 1. The molecule has 0 fully saturated rings. The van der Waals surface area contributed by atoms with Crippen LogP contribution in [0.15, 0.2) is 36.5 Å². The van der Waals surface area contributed by atoms with E-state index in [4.69, 9.17) is 0 Å². The SMILES string of the molecule is CC(C)(C)C.c1ccc2[nH]ccc2c1. The van der Waals surface area contributed by atoms with Crippen LogP contribution < -0.4 is 0 Å². The van der Waals surface area contributed by atoms with E-state index in [0.29, 0.717) is 5.41 Å². The summed E-state index contributed by atoms with van der Waals surface area (Å²) in [6.07, 6.45) is 1.95. The number of benzene rings is 1. The maximum Gasteiger partial charge on any atom is 0.0453 e. The van der Waals surface area contributed by atoms with Gasteiger partial charge in [-0.05, 0) is 22.9 Å². The van der Waals surface area contributed by atoms with Crippen LogP contribution in [0.2, 0.25) is 0 Å². The Morgan fingerprint density at radius 2 is 1.50 bits per heavy atom. The van der Waals surface area contributed by atoms with E-state index < -0.39 is 0 Å². The second kappa shape index (κ2) is 4.32. The van der Waals surface area contributed by atoms with Crippen LogP contribution in [-0.4, -0.2) is 4.98 Å². The maximum absolute atomic E-state index is 3.12. The standard InChI is InChI=1S/C8H7N.C5H12/c1-2-4-8-7(3-1)5-6-9-8;1-5(2,3)4/h1-6,9H;1-4H3. The van der Waals surface area contributed by atoms with Gasteiger partial charge in [-0.25, -0.2) is 0 Å². The van der Waals surface area contributed by atoms with Crippen LogP contribution in [0.3, 0.4) is 0 Å². The van der Waals surface area contributed by atoms with E-state index in [9.17, 15) is 0 Å². The van der Waals surface area contributed by atoms with Crippen LogP contribution in [-0.2, 0) is 0 Å². The van der Waals surface area contributed by atoms with Gasteiger partial charge in [0.1, 0.15) is 0 Å². The molecule has 0 aliphatic rings. The van der Waals surface area contributed by atoms with E-state index in [0.717, 1.165) is 0 Å². The summed E-state index contributed by atoms with van der Waals surface area (Å²) in [6.45, 7) is 8.75. The summed E-state index contributed by atoms with van der Waals surface area (Å²) in [7, 11) is 0. The molecule has 0 aliphatic heterocycles. The summed E-state index contributed by atoms with van der Waals surface area (Å²) in [5.74, 6) is 0. The van der Waals surface area contributed by atoms with E-state index in [1.807, 2.05) is 18.3 Å². The number of para-hydroxylation sites is 1. The molecule has 1 nitrogen and oxygen atoms in total.